The third-order valence-electron chi connectivity index (χ3n) is 3.93. The Kier molecular flexibility index (Phi) is 6.48. The van der Waals surface area contributed by atoms with Crippen LogP contribution in [0.4, 0.5) is 5.69 Å². The molecule has 0 saturated carbocycles. The van der Waals surface area contributed by atoms with Gasteiger partial charge in [-0.25, -0.2) is 0 Å². The highest BCUT2D eigenvalue weighted by atomic mass is 79.9. The lowest BCUT2D eigenvalue weighted by Crippen LogP contribution is -2.27. The van der Waals surface area contributed by atoms with Gasteiger partial charge in [-0.15, -0.1) is 0 Å². The van der Waals surface area contributed by atoms with Crippen LogP contribution in [0.5, 0.6) is 0 Å². The van der Waals surface area contributed by atoms with E-state index < -0.39 is 0 Å². The number of hydrogen-bond acceptors (Lipinski definition) is 4. The summed E-state index contributed by atoms with van der Waals surface area (Å²) in [6.07, 6.45) is 1.42. The molecule has 5 heteroatoms. The Hall–Kier alpha value is -0.620. The summed E-state index contributed by atoms with van der Waals surface area (Å²) in [6, 6.07) is 6.56. The summed E-state index contributed by atoms with van der Waals surface area (Å²) in [4.78, 5) is 2.32. The van der Waals surface area contributed by atoms with Gasteiger partial charge in [0.1, 0.15) is 12.2 Å². The van der Waals surface area contributed by atoms with Crippen LogP contribution in [0.2, 0.25) is 0 Å². The molecule has 2 atom stereocenters. The Labute approximate surface area is 135 Å². The van der Waals surface area contributed by atoms with Gasteiger partial charge in [-0.1, -0.05) is 13.0 Å². The molecule has 1 aliphatic rings. The minimum atomic E-state index is 0.132. The van der Waals surface area contributed by atoms with Gasteiger partial charge in [0.2, 0.25) is 0 Å². The summed E-state index contributed by atoms with van der Waals surface area (Å²) in [7, 11) is 3.50. The second-order valence-electron chi connectivity index (χ2n) is 5.42. The SMILES string of the molecule is CCCNCc1ccc(N2CC(OC)C(OC)C2)c(Br)c1. The van der Waals surface area contributed by atoms with Gasteiger partial charge in [-0.05, 0) is 46.6 Å². The fourth-order valence-corrected chi connectivity index (χ4v) is 3.40. The number of benzene rings is 1. The fourth-order valence-electron chi connectivity index (χ4n) is 2.72. The van der Waals surface area contributed by atoms with Gasteiger partial charge in [-0.2, -0.15) is 0 Å². The van der Waals surface area contributed by atoms with E-state index in [0.717, 1.165) is 37.1 Å². The zero-order valence-electron chi connectivity index (χ0n) is 13.1. The number of methoxy groups -OCH3 is 2. The molecule has 1 aromatic rings. The Morgan fingerprint density at radius 3 is 2.43 bits per heavy atom. The first-order valence-electron chi connectivity index (χ1n) is 7.49. The standard InChI is InChI=1S/C16H25BrN2O2/c1-4-7-18-9-12-5-6-14(13(17)8-12)19-10-15(20-2)16(11-19)21-3/h5-6,8,15-16,18H,4,7,9-11H2,1-3H3. The predicted molar refractivity (Wildman–Crippen MR) is 89.9 cm³/mol. The first-order chi connectivity index (χ1) is 10.2. The van der Waals surface area contributed by atoms with Crippen molar-refractivity contribution in [2.75, 3.05) is 38.8 Å². The molecule has 0 amide bonds. The van der Waals surface area contributed by atoms with E-state index in [9.17, 15) is 0 Å². The van der Waals surface area contributed by atoms with E-state index in [1.807, 2.05) is 0 Å². The van der Waals surface area contributed by atoms with Crippen LogP contribution in [0.25, 0.3) is 0 Å². The van der Waals surface area contributed by atoms with E-state index in [1.54, 1.807) is 14.2 Å². The summed E-state index contributed by atoms with van der Waals surface area (Å²) >= 11 is 3.70. The lowest BCUT2D eigenvalue weighted by atomic mass is 10.2. The number of hydrogen-bond donors (Lipinski definition) is 1. The van der Waals surface area contributed by atoms with Crippen molar-refractivity contribution in [2.45, 2.75) is 32.1 Å². The van der Waals surface area contributed by atoms with Crippen molar-refractivity contribution in [3.8, 4) is 0 Å². The van der Waals surface area contributed by atoms with E-state index in [-0.39, 0.29) is 12.2 Å². The van der Waals surface area contributed by atoms with Gasteiger partial charge >= 0.3 is 0 Å². The van der Waals surface area contributed by atoms with Crippen LogP contribution in [0.15, 0.2) is 22.7 Å². The first kappa shape index (κ1) is 16.7. The van der Waals surface area contributed by atoms with Crippen molar-refractivity contribution in [1.82, 2.24) is 5.32 Å². The molecule has 0 aliphatic carbocycles. The quantitative estimate of drug-likeness (QED) is 0.761. The minimum absolute atomic E-state index is 0.132. The van der Waals surface area contributed by atoms with Crippen molar-refractivity contribution in [3.05, 3.63) is 28.2 Å². The Morgan fingerprint density at radius 1 is 1.24 bits per heavy atom. The van der Waals surface area contributed by atoms with E-state index in [0.29, 0.717) is 0 Å². The van der Waals surface area contributed by atoms with Gasteiger partial charge in [0.25, 0.3) is 0 Å². The molecule has 0 bridgehead atoms. The summed E-state index contributed by atoms with van der Waals surface area (Å²) in [5, 5.41) is 3.43. The number of nitrogens with zero attached hydrogens (tertiary/aromatic N) is 1. The molecule has 2 unspecified atom stereocenters. The topological polar surface area (TPSA) is 33.7 Å². The minimum Gasteiger partial charge on any atom is -0.377 e. The molecule has 1 aromatic carbocycles. The van der Waals surface area contributed by atoms with Crippen LogP contribution in [-0.4, -0.2) is 46.1 Å². The second kappa shape index (κ2) is 8.13. The molecular formula is C16H25BrN2O2. The molecule has 0 radical (unpaired) electrons. The molecule has 118 valence electrons. The fraction of sp³-hybridized carbons (Fsp3) is 0.625. The van der Waals surface area contributed by atoms with E-state index >= 15 is 0 Å². The highest BCUT2D eigenvalue weighted by Gasteiger charge is 2.33. The van der Waals surface area contributed by atoms with E-state index in [2.05, 4.69) is 51.3 Å². The first-order valence-corrected chi connectivity index (χ1v) is 8.28. The molecule has 2 rings (SSSR count). The van der Waals surface area contributed by atoms with Crippen LogP contribution in [0.3, 0.4) is 0 Å². The van der Waals surface area contributed by atoms with Crippen LogP contribution in [0, 0.1) is 0 Å². The molecule has 21 heavy (non-hydrogen) atoms. The molecule has 0 aromatic heterocycles. The maximum absolute atomic E-state index is 5.50. The van der Waals surface area contributed by atoms with Crippen molar-refractivity contribution in [3.63, 3.8) is 0 Å². The van der Waals surface area contributed by atoms with Crippen LogP contribution < -0.4 is 10.2 Å². The molecule has 1 aliphatic heterocycles. The average molecular weight is 357 g/mol. The summed E-state index contributed by atoms with van der Waals surface area (Å²) in [6.45, 7) is 5.87. The smallest absolute Gasteiger partial charge is 0.102 e. The van der Waals surface area contributed by atoms with Gasteiger partial charge in [0, 0.05) is 38.3 Å². The molecule has 4 nitrogen and oxygen atoms in total. The third kappa shape index (κ3) is 4.19. The van der Waals surface area contributed by atoms with Crippen molar-refractivity contribution < 1.29 is 9.47 Å². The molecular weight excluding hydrogens is 332 g/mol. The largest absolute Gasteiger partial charge is 0.377 e. The second-order valence-corrected chi connectivity index (χ2v) is 6.27. The number of nitrogens with one attached hydrogen (secondary N) is 1. The molecule has 1 fully saturated rings. The number of rotatable bonds is 7. The highest BCUT2D eigenvalue weighted by Crippen LogP contribution is 2.31. The normalized spacial score (nSPS) is 22.0. The zero-order valence-corrected chi connectivity index (χ0v) is 14.6. The monoisotopic (exact) mass is 356 g/mol. The maximum atomic E-state index is 5.50. The Bertz CT molecular complexity index is 444. The molecule has 0 spiro atoms. The highest BCUT2D eigenvalue weighted by molar-refractivity contribution is 9.10. The van der Waals surface area contributed by atoms with Crippen molar-refractivity contribution >= 4 is 21.6 Å². The number of ether oxygens (including phenoxy) is 2. The number of anilines is 1. The predicted octanol–water partition coefficient (Wildman–Crippen LogP) is 2.80. The molecule has 1 heterocycles. The molecule has 1 saturated heterocycles. The van der Waals surface area contributed by atoms with Gasteiger partial charge in [-0.3, -0.25) is 0 Å². The van der Waals surface area contributed by atoms with Gasteiger partial charge < -0.3 is 19.7 Å². The van der Waals surface area contributed by atoms with Gasteiger partial charge in [0.05, 0.1) is 5.69 Å². The number of halogens is 1. The van der Waals surface area contributed by atoms with Crippen LogP contribution >= 0.6 is 15.9 Å². The zero-order chi connectivity index (χ0) is 15.2. The Balaban J connectivity index is 2.04. The van der Waals surface area contributed by atoms with Gasteiger partial charge in [0.15, 0.2) is 0 Å². The lowest BCUT2D eigenvalue weighted by Gasteiger charge is -2.20. The van der Waals surface area contributed by atoms with Crippen molar-refractivity contribution in [1.29, 1.82) is 0 Å². The van der Waals surface area contributed by atoms with E-state index in [4.69, 9.17) is 9.47 Å². The summed E-state index contributed by atoms with van der Waals surface area (Å²) in [5.74, 6) is 0. The summed E-state index contributed by atoms with van der Waals surface area (Å²) < 4.78 is 12.1. The molecule has 1 N–H and O–H groups in total. The maximum Gasteiger partial charge on any atom is 0.102 e. The third-order valence-corrected chi connectivity index (χ3v) is 4.56. The summed E-state index contributed by atoms with van der Waals surface area (Å²) in [5.41, 5.74) is 2.50. The van der Waals surface area contributed by atoms with Crippen molar-refractivity contribution in [2.24, 2.45) is 0 Å². The lowest BCUT2D eigenvalue weighted by molar-refractivity contribution is -0.00461. The van der Waals surface area contributed by atoms with Crippen LogP contribution in [-0.2, 0) is 16.0 Å². The Morgan fingerprint density at radius 2 is 1.90 bits per heavy atom. The van der Waals surface area contributed by atoms with E-state index in [1.165, 1.54) is 11.3 Å². The average Bonchev–Trinajstić information content (AvgIpc) is 2.90. The van der Waals surface area contributed by atoms with Crippen LogP contribution in [0.1, 0.15) is 18.9 Å².